The Hall–Kier alpha value is -1.79. The van der Waals surface area contributed by atoms with E-state index in [9.17, 15) is 45.6 Å². The highest BCUT2D eigenvalue weighted by Gasteiger charge is 2.51. The minimum Gasteiger partial charge on any atom is -0.394 e. The molecule has 0 spiro atoms. The molecule has 0 saturated carbocycles. The molecule has 368 valence electrons. The second-order valence-electron chi connectivity index (χ2n) is 17.6. The lowest BCUT2D eigenvalue weighted by Crippen LogP contribution is -2.65. The first-order valence-corrected chi connectivity index (χ1v) is 24.7. The molecule has 14 heteroatoms. The summed E-state index contributed by atoms with van der Waals surface area (Å²) in [5.74, 6) is -0.237. The first-order chi connectivity index (χ1) is 30.6. The molecule has 12 unspecified atom stereocenters. The van der Waals surface area contributed by atoms with Crippen LogP contribution in [-0.4, -0.2) is 140 Å². The number of aliphatic hydroxyl groups excluding tert-OH is 8. The maximum absolute atomic E-state index is 13.1. The number of carbonyl (C=O) groups excluding carboxylic acids is 1. The zero-order valence-electron chi connectivity index (χ0n) is 38.8. The fraction of sp³-hybridized carbons (Fsp3) is 0.857. The molecule has 2 rings (SSSR count). The fourth-order valence-corrected chi connectivity index (χ4v) is 8.07. The summed E-state index contributed by atoms with van der Waals surface area (Å²) < 4.78 is 22.7. The van der Waals surface area contributed by atoms with Crippen LogP contribution < -0.4 is 5.32 Å². The van der Waals surface area contributed by atoms with Crippen LogP contribution in [0.25, 0.3) is 0 Å². The highest BCUT2D eigenvalue weighted by molar-refractivity contribution is 5.76. The molecule has 14 nitrogen and oxygen atoms in total. The predicted octanol–water partition coefficient (Wildman–Crippen LogP) is 5.93. The number of hydrogen-bond donors (Lipinski definition) is 9. The van der Waals surface area contributed by atoms with E-state index in [2.05, 4.69) is 55.6 Å². The molecule has 2 heterocycles. The molecule has 2 aliphatic heterocycles. The Kier molecular flexibility index (Phi) is 33.1. The van der Waals surface area contributed by atoms with Gasteiger partial charge in [-0.25, -0.2) is 0 Å². The van der Waals surface area contributed by atoms with Crippen molar-refractivity contribution in [3.05, 3.63) is 36.5 Å². The van der Waals surface area contributed by atoms with Crippen LogP contribution in [0, 0.1) is 0 Å². The number of allylic oxidation sites excluding steroid dienone is 6. The van der Waals surface area contributed by atoms with E-state index in [0.717, 1.165) is 64.2 Å². The molecule has 0 aromatic heterocycles. The van der Waals surface area contributed by atoms with Crippen molar-refractivity contribution in [3.63, 3.8) is 0 Å². The minimum absolute atomic E-state index is 0.237. The average Bonchev–Trinajstić information content (AvgIpc) is 3.28. The van der Waals surface area contributed by atoms with Gasteiger partial charge in [-0.2, -0.15) is 0 Å². The van der Waals surface area contributed by atoms with Crippen LogP contribution in [0.15, 0.2) is 36.5 Å². The van der Waals surface area contributed by atoms with E-state index < -0.39 is 86.8 Å². The molecule has 2 saturated heterocycles. The van der Waals surface area contributed by atoms with Crippen molar-refractivity contribution in [2.24, 2.45) is 0 Å². The van der Waals surface area contributed by atoms with Gasteiger partial charge in [0.05, 0.1) is 32.0 Å². The maximum Gasteiger partial charge on any atom is 0.220 e. The van der Waals surface area contributed by atoms with E-state index in [-0.39, 0.29) is 18.9 Å². The van der Waals surface area contributed by atoms with Crippen molar-refractivity contribution >= 4 is 5.91 Å². The lowest BCUT2D eigenvalue weighted by Gasteiger charge is -2.46. The zero-order valence-corrected chi connectivity index (χ0v) is 38.8. The number of nitrogens with one attached hydrogen (secondary N) is 1. The highest BCUT2D eigenvalue weighted by atomic mass is 16.7. The second kappa shape index (κ2) is 36.3. The van der Waals surface area contributed by atoms with Gasteiger partial charge < -0.3 is 65.1 Å². The van der Waals surface area contributed by atoms with E-state index in [4.69, 9.17) is 18.9 Å². The van der Waals surface area contributed by atoms with Gasteiger partial charge in [-0.05, 0) is 44.9 Å². The molecule has 0 bridgehead atoms. The Balaban J connectivity index is 1.86. The van der Waals surface area contributed by atoms with Gasteiger partial charge in [0.15, 0.2) is 12.6 Å². The number of hydrogen-bond acceptors (Lipinski definition) is 13. The third kappa shape index (κ3) is 24.0. The third-order valence-corrected chi connectivity index (χ3v) is 12.1. The zero-order chi connectivity index (χ0) is 46.1. The van der Waals surface area contributed by atoms with Crippen LogP contribution in [0.1, 0.15) is 174 Å². The van der Waals surface area contributed by atoms with Crippen LogP contribution in [0.5, 0.6) is 0 Å². The number of carbonyl (C=O) groups is 1. The highest BCUT2D eigenvalue weighted by Crippen LogP contribution is 2.30. The Labute approximate surface area is 379 Å². The summed E-state index contributed by atoms with van der Waals surface area (Å²) in [6.45, 7) is 2.70. The SMILES string of the molecule is CC/C=C\C/C=C\C/C=C\CCCCCC(=O)NC(COC1OC(CO)C(OC2OC(CO)C(O)C(O)C2O)C(O)C1O)C(O)CCCCCCCCCCCCCCCCCC. The summed E-state index contributed by atoms with van der Waals surface area (Å²) in [6, 6.07) is -0.842. The van der Waals surface area contributed by atoms with Gasteiger partial charge in [-0.1, -0.05) is 159 Å². The number of ether oxygens (including phenoxy) is 4. The van der Waals surface area contributed by atoms with Crippen molar-refractivity contribution in [1.29, 1.82) is 0 Å². The maximum atomic E-state index is 13.1. The first kappa shape index (κ1) is 57.3. The molecule has 0 aromatic rings. The van der Waals surface area contributed by atoms with E-state index in [1.807, 2.05) is 0 Å². The van der Waals surface area contributed by atoms with Crippen molar-refractivity contribution < 1.29 is 64.6 Å². The van der Waals surface area contributed by atoms with Crippen LogP contribution in [0.4, 0.5) is 0 Å². The van der Waals surface area contributed by atoms with E-state index >= 15 is 0 Å². The van der Waals surface area contributed by atoms with E-state index in [0.29, 0.717) is 12.8 Å². The van der Waals surface area contributed by atoms with Crippen LogP contribution in [0.3, 0.4) is 0 Å². The van der Waals surface area contributed by atoms with Crippen LogP contribution in [-0.2, 0) is 23.7 Å². The van der Waals surface area contributed by atoms with Gasteiger partial charge in [0.1, 0.15) is 48.8 Å². The minimum atomic E-state index is -1.78. The van der Waals surface area contributed by atoms with Crippen molar-refractivity contribution in [3.8, 4) is 0 Å². The van der Waals surface area contributed by atoms with Gasteiger partial charge in [0.2, 0.25) is 5.91 Å². The first-order valence-electron chi connectivity index (χ1n) is 24.7. The summed E-state index contributed by atoms with van der Waals surface area (Å²) in [6.07, 6.45) is 22.9. The van der Waals surface area contributed by atoms with Gasteiger partial charge >= 0.3 is 0 Å². The summed E-state index contributed by atoms with van der Waals surface area (Å²) in [5, 5.41) is 86.8. The molecule has 2 fully saturated rings. The fourth-order valence-electron chi connectivity index (χ4n) is 8.07. The van der Waals surface area contributed by atoms with Crippen LogP contribution >= 0.6 is 0 Å². The standard InChI is InChI=1S/C49H89NO13/c1-3-5-7-9-11-13-15-17-18-19-21-22-24-26-28-30-32-38(53)37(50-41(54)33-31-29-27-25-23-20-16-14-12-10-8-6-4-2)36-60-48-46(59)44(57)47(40(35-52)62-48)63-49-45(58)43(56)42(55)39(34-51)61-49/h6,8,12,14,20,23,37-40,42-49,51-53,55-59H,3-5,7,9-11,13,15-19,21-22,24-36H2,1-2H3,(H,50,54)/b8-6-,14-12-,23-20-. The van der Waals surface area contributed by atoms with Crippen molar-refractivity contribution in [1.82, 2.24) is 5.32 Å². The number of unbranched alkanes of at least 4 members (excludes halogenated alkanes) is 18. The molecular weight excluding hydrogens is 811 g/mol. The van der Waals surface area contributed by atoms with Gasteiger partial charge in [0.25, 0.3) is 0 Å². The van der Waals surface area contributed by atoms with Gasteiger partial charge in [-0.15, -0.1) is 0 Å². The quantitative estimate of drug-likeness (QED) is 0.0261. The molecule has 0 aliphatic carbocycles. The molecule has 12 atom stereocenters. The molecule has 9 N–H and O–H groups in total. The monoisotopic (exact) mass is 900 g/mol. The average molecular weight is 900 g/mol. The Bertz CT molecular complexity index is 1200. The second-order valence-corrected chi connectivity index (χ2v) is 17.6. The molecule has 0 radical (unpaired) electrons. The summed E-state index contributed by atoms with van der Waals surface area (Å²) in [4.78, 5) is 13.1. The number of amides is 1. The Morgan fingerprint density at radius 2 is 1.10 bits per heavy atom. The Morgan fingerprint density at radius 1 is 0.587 bits per heavy atom. The molecule has 63 heavy (non-hydrogen) atoms. The predicted molar refractivity (Wildman–Crippen MR) is 244 cm³/mol. The largest absolute Gasteiger partial charge is 0.394 e. The number of rotatable bonds is 37. The van der Waals surface area contributed by atoms with E-state index in [1.165, 1.54) is 77.0 Å². The third-order valence-electron chi connectivity index (χ3n) is 12.1. The molecular formula is C49H89NO13. The van der Waals surface area contributed by atoms with E-state index in [1.54, 1.807) is 0 Å². The number of aliphatic hydroxyl groups is 8. The van der Waals surface area contributed by atoms with Crippen molar-refractivity contribution in [2.45, 2.75) is 248 Å². The summed E-state index contributed by atoms with van der Waals surface area (Å²) >= 11 is 0. The lowest BCUT2D eigenvalue weighted by atomic mass is 9.97. The van der Waals surface area contributed by atoms with Gasteiger partial charge in [0, 0.05) is 6.42 Å². The topological polar surface area (TPSA) is 228 Å². The lowest BCUT2D eigenvalue weighted by molar-refractivity contribution is -0.359. The molecule has 1 amide bonds. The smallest absolute Gasteiger partial charge is 0.220 e. The summed E-state index contributed by atoms with van der Waals surface area (Å²) in [5.41, 5.74) is 0. The Morgan fingerprint density at radius 3 is 1.67 bits per heavy atom. The summed E-state index contributed by atoms with van der Waals surface area (Å²) in [7, 11) is 0. The van der Waals surface area contributed by atoms with Crippen LogP contribution in [0.2, 0.25) is 0 Å². The molecule has 2 aliphatic rings. The van der Waals surface area contributed by atoms with Crippen molar-refractivity contribution in [2.75, 3.05) is 19.8 Å². The molecule has 0 aromatic carbocycles. The normalized spacial score (nSPS) is 27.8. The van der Waals surface area contributed by atoms with Gasteiger partial charge in [-0.3, -0.25) is 4.79 Å².